The predicted molar refractivity (Wildman–Crippen MR) is 97.5 cm³/mol. The minimum atomic E-state index is 0. The van der Waals surface area contributed by atoms with Crippen LogP contribution in [0.25, 0.3) is 0 Å². The molecule has 23 heavy (non-hydrogen) atoms. The molecule has 0 spiro atoms. The molecular weight excluding hydrogens is 333 g/mol. The van der Waals surface area contributed by atoms with Crippen LogP contribution in [-0.4, -0.2) is 48.1 Å². The number of nitrogens with zero attached hydrogens (tertiary/aromatic N) is 1. The van der Waals surface area contributed by atoms with Gasteiger partial charge in [-0.3, -0.25) is 9.69 Å². The fourth-order valence-corrected chi connectivity index (χ4v) is 5.29. The second-order valence-electron chi connectivity index (χ2n) is 7.74. The van der Waals surface area contributed by atoms with E-state index in [0.717, 1.165) is 12.8 Å². The molecule has 4 aliphatic heterocycles. The van der Waals surface area contributed by atoms with E-state index in [1.54, 1.807) is 0 Å². The summed E-state index contributed by atoms with van der Waals surface area (Å²) in [5.41, 5.74) is 0. The Morgan fingerprint density at radius 1 is 1.00 bits per heavy atom. The Bertz CT molecular complexity index is 397. The van der Waals surface area contributed by atoms with E-state index < -0.39 is 0 Å². The maximum Gasteiger partial charge on any atom is 0.220 e. The molecule has 6 heteroatoms. The quantitative estimate of drug-likeness (QED) is 0.809. The third kappa shape index (κ3) is 4.33. The lowest BCUT2D eigenvalue weighted by atomic mass is 9.89. The molecule has 4 fully saturated rings. The van der Waals surface area contributed by atoms with E-state index in [-0.39, 0.29) is 24.8 Å². The maximum absolute atomic E-state index is 12.4. The number of rotatable bonds is 3. The highest BCUT2D eigenvalue weighted by Gasteiger charge is 2.37. The molecule has 4 rings (SSSR count). The van der Waals surface area contributed by atoms with Crippen molar-refractivity contribution in [3.63, 3.8) is 0 Å². The zero-order chi connectivity index (χ0) is 14.2. The normalized spacial score (nSPS) is 39.0. The summed E-state index contributed by atoms with van der Waals surface area (Å²) in [7, 11) is 0. The molecule has 4 heterocycles. The van der Waals surface area contributed by atoms with Gasteiger partial charge in [-0.1, -0.05) is 6.42 Å². The molecule has 4 saturated heterocycles. The minimum Gasteiger partial charge on any atom is -0.352 e. The average Bonchev–Trinajstić information content (AvgIpc) is 3.03. The summed E-state index contributed by atoms with van der Waals surface area (Å²) in [5.74, 6) is 0.936. The fraction of sp³-hybridized carbons (Fsp3) is 0.941. The van der Waals surface area contributed by atoms with E-state index >= 15 is 0 Å². The Hall–Kier alpha value is -0.0300. The fourth-order valence-electron chi connectivity index (χ4n) is 5.29. The molecule has 4 unspecified atom stereocenters. The molecule has 4 aliphatic rings. The van der Waals surface area contributed by atoms with Gasteiger partial charge in [-0.15, -0.1) is 24.8 Å². The second-order valence-corrected chi connectivity index (χ2v) is 7.74. The number of hydrogen-bond donors (Lipinski definition) is 2. The van der Waals surface area contributed by atoms with E-state index in [1.807, 2.05) is 0 Å². The molecule has 4 nitrogen and oxygen atoms in total. The van der Waals surface area contributed by atoms with Gasteiger partial charge < -0.3 is 10.6 Å². The van der Waals surface area contributed by atoms with Crippen molar-refractivity contribution in [3.8, 4) is 0 Å². The predicted octanol–water partition coefficient (Wildman–Crippen LogP) is 2.49. The number of nitrogens with one attached hydrogen (secondary N) is 2. The Kier molecular flexibility index (Phi) is 7.02. The largest absolute Gasteiger partial charge is 0.352 e. The van der Waals surface area contributed by atoms with Crippen molar-refractivity contribution >= 4 is 30.7 Å². The summed E-state index contributed by atoms with van der Waals surface area (Å²) in [6.07, 6.45) is 11.0. The molecule has 2 N–H and O–H groups in total. The molecule has 134 valence electrons. The van der Waals surface area contributed by atoms with Crippen molar-refractivity contribution in [2.45, 2.75) is 82.0 Å². The monoisotopic (exact) mass is 363 g/mol. The lowest BCUT2D eigenvalue weighted by molar-refractivity contribution is -0.123. The lowest BCUT2D eigenvalue weighted by Gasteiger charge is -2.33. The first-order chi connectivity index (χ1) is 10.3. The smallest absolute Gasteiger partial charge is 0.220 e. The Morgan fingerprint density at radius 3 is 2.48 bits per heavy atom. The molecule has 0 radical (unpaired) electrons. The van der Waals surface area contributed by atoms with Gasteiger partial charge in [-0.2, -0.15) is 0 Å². The third-order valence-electron chi connectivity index (χ3n) is 6.25. The molecule has 0 aliphatic carbocycles. The van der Waals surface area contributed by atoms with Gasteiger partial charge in [-0.05, 0) is 57.4 Å². The highest BCUT2D eigenvalue weighted by molar-refractivity contribution is 5.85. The summed E-state index contributed by atoms with van der Waals surface area (Å²) < 4.78 is 0. The van der Waals surface area contributed by atoms with Gasteiger partial charge in [0.05, 0.1) is 0 Å². The van der Waals surface area contributed by atoms with Gasteiger partial charge >= 0.3 is 0 Å². The zero-order valence-corrected chi connectivity index (χ0v) is 15.5. The van der Waals surface area contributed by atoms with Crippen molar-refractivity contribution in [1.29, 1.82) is 0 Å². The molecule has 0 saturated carbocycles. The Labute approximate surface area is 152 Å². The number of halogens is 2. The summed E-state index contributed by atoms with van der Waals surface area (Å²) >= 11 is 0. The number of carbonyl (C=O) groups is 1. The van der Waals surface area contributed by atoms with Gasteiger partial charge in [0.15, 0.2) is 0 Å². The van der Waals surface area contributed by atoms with Crippen molar-refractivity contribution < 1.29 is 4.79 Å². The van der Waals surface area contributed by atoms with Crippen LogP contribution in [0.15, 0.2) is 0 Å². The van der Waals surface area contributed by atoms with Crippen LogP contribution < -0.4 is 10.6 Å². The van der Waals surface area contributed by atoms with E-state index in [9.17, 15) is 4.79 Å². The van der Waals surface area contributed by atoms with Crippen molar-refractivity contribution in [2.24, 2.45) is 5.92 Å². The number of fused-ring (bicyclic) bond motifs is 3. The number of carbonyl (C=O) groups excluding carboxylic acids is 1. The van der Waals surface area contributed by atoms with Crippen molar-refractivity contribution in [2.75, 3.05) is 13.1 Å². The molecule has 0 aromatic heterocycles. The third-order valence-corrected chi connectivity index (χ3v) is 6.25. The van der Waals surface area contributed by atoms with Gasteiger partial charge in [-0.25, -0.2) is 0 Å². The SMILES string of the molecule is Cl.Cl.O=C(CC1CC2CCC(C1)N2)NC1CCN2CCCCC12. The number of hydrogen-bond acceptors (Lipinski definition) is 3. The Balaban J connectivity index is 0.000000960. The summed E-state index contributed by atoms with van der Waals surface area (Å²) in [6, 6.07) is 2.45. The highest BCUT2D eigenvalue weighted by atomic mass is 35.5. The standard InChI is InChI=1S/C17H29N3O.2ClH/c21-17(11-12-9-13-4-5-14(10-12)18-13)19-15-6-8-20-7-2-1-3-16(15)20;;/h12-16,18H,1-11H2,(H,19,21);2*1H. The van der Waals surface area contributed by atoms with Crippen LogP contribution in [0.5, 0.6) is 0 Å². The van der Waals surface area contributed by atoms with Gasteiger partial charge in [0.1, 0.15) is 0 Å². The summed E-state index contributed by atoms with van der Waals surface area (Å²) in [5, 5.41) is 7.04. The van der Waals surface area contributed by atoms with Gasteiger partial charge in [0.2, 0.25) is 5.91 Å². The van der Waals surface area contributed by atoms with Crippen molar-refractivity contribution in [3.05, 3.63) is 0 Å². The Morgan fingerprint density at radius 2 is 1.74 bits per heavy atom. The maximum atomic E-state index is 12.4. The van der Waals surface area contributed by atoms with Crippen LogP contribution >= 0.6 is 24.8 Å². The average molecular weight is 364 g/mol. The van der Waals surface area contributed by atoms with Crippen LogP contribution in [0, 0.1) is 5.92 Å². The first kappa shape index (κ1) is 19.3. The molecule has 1 amide bonds. The highest BCUT2D eigenvalue weighted by Crippen LogP contribution is 2.33. The number of amides is 1. The first-order valence-electron chi connectivity index (χ1n) is 9.07. The van der Waals surface area contributed by atoms with Crippen molar-refractivity contribution in [1.82, 2.24) is 15.5 Å². The first-order valence-corrected chi connectivity index (χ1v) is 9.07. The minimum absolute atomic E-state index is 0. The van der Waals surface area contributed by atoms with Gasteiger partial charge in [0.25, 0.3) is 0 Å². The van der Waals surface area contributed by atoms with Crippen LogP contribution in [0.4, 0.5) is 0 Å². The topological polar surface area (TPSA) is 44.4 Å². The molecule has 0 aromatic carbocycles. The van der Waals surface area contributed by atoms with E-state index in [4.69, 9.17) is 0 Å². The zero-order valence-electron chi connectivity index (χ0n) is 13.8. The van der Waals surface area contributed by atoms with Crippen LogP contribution in [0.1, 0.15) is 57.8 Å². The summed E-state index contributed by atoms with van der Waals surface area (Å²) in [6.45, 7) is 2.43. The van der Waals surface area contributed by atoms with E-state index in [1.165, 1.54) is 58.0 Å². The number of piperidine rings is 2. The second kappa shape index (κ2) is 8.37. The molecule has 0 aromatic rings. The molecule has 2 bridgehead atoms. The van der Waals surface area contributed by atoms with Crippen LogP contribution in [0.2, 0.25) is 0 Å². The van der Waals surface area contributed by atoms with E-state index in [0.29, 0.717) is 36.0 Å². The summed E-state index contributed by atoms with van der Waals surface area (Å²) in [4.78, 5) is 15.0. The van der Waals surface area contributed by atoms with E-state index in [2.05, 4.69) is 15.5 Å². The molecular formula is C17H31Cl2N3O. The van der Waals surface area contributed by atoms with Crippen LogP contribution in [0.3, 0.4) is 0 Å². The van der Waals surface area contributed by atoms with Gasteiger partial charge in [0, 0.05) is 37.1 Å². The van der Waals surface area contributed by atoms with Crippen LogP contribution in [-0.2, 0) is 4.79 Å². The molecule has 4 atom stereocenters. The lowest BCUT2D eigenvalue weighted by Crippen LogP contribution is -2.47.